The van der Waals surface area contributed by atoms with Crippen molar-refractivity contribution >= 4 is 17.4 Å². The van der Waals surface area contributed by atoms with Crippen molar-refractivity contribution in [2.24, 2.45) is 5.92 Å². The minimum absolute atomic E-state index is 0.119. The third kappa shape index (κ3) is 5.35. The van der Waals surface area contributed by atoms with Crippen molar-refractivity contribution in [2.45, 2.75) is 19.0 Å². The summed E-state index contributed by atoms with van der Waals surface area (Å²) >= 11 is 0. The standard InChI is InChI=1S/C19H21F3N4O/c20-19(21,22)15-3-1-4-16(11-15)25-18(27)24-12-14-6-9-26(10-7-14)17-5-2-8-23-13-17/h1-5,8,11,13-14H,6-7,9-10,12H2,(H2,24,25,27). The molecular formula is C19H21F3N4O. The van der Waals surface area contributed by atoms with Gasteiger partial charge in [-0.1, -0.05) is 6.07 Å². The molecule has 3 rings (SSSR count). The van der Waals surface area contributed by atoms with E-state index >= 15 is 0 Å². The average molecular weight is 378 g/mol. The molecule has 144 valence electrons. The molecule has 1 saturated heterocycles. The molecule has 0 saturated carbocycles. The Kier molecular flexibility index (Phi) is 5.83. The topological polar surface area (TPSA) is 57.3 Å². The summed E-state index contributed by atoms with van der Waals surface area (Å²) < 4.78 is 38.1. The Balaban J connectivity index is 1.44. The highest BCUT2D eigenvalue weighted by molar-refractivity contribution is 5.89. The first-order chi connectivity index (χ1) is 12.9. The zero-order valence-corrected chi connectivity index (χ0v) is 14.7. The molecule has 0 bridgehead atoms. The van der Waals surface area contributed by atoms with Crippen molar-refractivity contribution < 1.29 is 18.0 Å². The van der Waals surface area contributed by atoms with Crippen LogP contribution in [0, 0.1) is 5.92 Å². The number of halogens is 3. The quantitative estimate of drug-likeness (QED) is 0.841. The molecule has 0 atom stereocenters. The molecule has 8 heteroatoms. The number of carbonyl (C=O) groups is 1. The van der Waals surface area contributed by atoms with Crippen molar-refractivity contribution in [3.8, 4) is 0 Å². The first kappa shape index (κ1) is 19.0. The largest absolute Gasteiger partial charge is 0.416 e. The summed E-state index contributed by atoms with van der Waals surface area (Å²) in [7, 11) is 0. The van der Waals surface area contributed by atoms with Gasteiger partial charge < -0.3 is 15.5 Å². The number of aromatic nitrogens is 1. The minimum Gasteiger partial charge on any atom is -0.370 e. The van der Waals surface area contributed by atoms with Crippen LogP contribution in [0.15, 0.2) is 48.8 Å². The van der Waals surface area contributed by atoms with Gasteiger partial charge in [0.15, 0.2) is 0 Å². The van der Waals surface area contributed by atoms with E-state index < -0.39 is 17.8 Å². The molecule has 1 aliphatic heterocycles. The molecule has 1 aromatic heterocycles. The summed E-state index contributed by atoms with van der Waals surface area (Å²) in [5.41, 5.74) is 0.419. The summed E-state index contributed by atoms with van der Waals surface area (Å²) in [5, 5.41) is 5.21. The number of hydrogen-bond acceptors (Lipinski definition) is 3. The van der Waals surface area contributed by atoms with Gasteiger partial charge in [0.25, 0.3) is 0 Å². The molecule has 0 radical (unpaired) electrons. The summed E-state index contributed by atoms with van der Waals surface area (Å²) in [6.45, 7) is 2.26. The highest BCUT2D eigenvalue weighted by Gasteiger charge is 2.30. The van der Waals surface area contributed by atoms with E-state index in [9.17, 15) is 18.0 Å². The van der Waals surface area contributed by atoms with Crippen LogP contribution in [0.1, 0.15) is 18.4 Å². The third-order valence-corrected chi connectivity index (χ3v) is 4.62. The molecule has 27 heavy (non-hydrogen) atoms. The number of hydrogen-bond donors (Lipinski definition) is 2. The van der Waals surface area contributed by atoms with Gasteiger partial charge in [-0.2, -0.15) is 13.2 Å². The smallest absolute Gasteiger partial charge is 0.370 e. The molecule has 0 aliphatic carbocycles. The Bertz CT molecular complexity index is 759. The summed E-state index contributed by atoms with van der Waals surface area (Å²) in [5.74, 6) is 0.338. The number of piperidine rings is 1. The van der Waals surface area contributed by atoms with Crippen LogP contribution in [0.25, 0.3) is 0 Å². The van der Waals surface area contributed by atoms with Crippen molar-refractivity contribution in [1.82, 2.24) is 10.3 Å². The summed E-state index contributed by atoms with van der Waals surface area (Å²) in [6.07, 6.45) is 0.998. The van der Waals surface area contributed by atoms with Crippen LogP contribution in [-0.4, -0.2) is 30.6 Å². The number of carbonyl (C=O) groups excluding carboxylic acids is 1. The second-order valence-electron chi connectivity index (χ2n) is 6.56. The van der Waals surface area contributed by atoms with Crippen molar-refractivity contribution in [3.05, 3.63) is 54.4 Å². The van der Waals surface area contributed by atoms with E-state index in [4.69, 9.17) is 0 Å². The molecule has 2 heterocycles. The van der Waals surface area contributed by atoms with Crippen LogP contribution in [0.4, 0.5) is 29.3 Å². The third-order valence-electron chi connectivity index (χ3n) is 4.62. The number of amides is 2. The van der Waals surface area contributed by atoms with Gasteiger partial charge >= 0.3 is 12.2 Å². The second-order valence-corrected chi connectivity index (χ2v) is 6.56. The Labute approximate surface area is 155 Å². The number of benzene rings is 1. The van der Waals surface area contributed by atoms with Crippen LogP contribution in [0.5, 0.6) is 0 Å². The van der Waals surface area contributed by atoms with E-state index in [2.05, 4.69) is 20.5 Å². The monoisotopic (exact) mass is 378 g/mol. The number of pyridine rings is 1. The van der Waals surface area contributed by atoms with Gasteiger partial charge in [-0.15, -0.1) is 0 Å². The molecule has 2 aromatic rings. The predicted octanol–water partition coefficient (Wildman–Crippen LogP) is 4.14. The van der Waals surface area contributed by atoms with Gasteiger partial charge in [0.05, 0.1) is 17.4 Å². The number of alkyl halides is 3. The zero-order valence-electron chi connectivity index (χ0n) is 14.7. The van der Waals surface area contributed by atoms with Gasteiger partial charge in [-0.05, 0) is 49.1 Å². The van der Waals surface area contributed by atoms with E-state index in [1.54, 1.807) is 6.20 Å². The van der Waals surface area contributed by atoms with E-state index in [-0.39, 0.29) is 5.69 Å². The van der Waals surface area contributed by atoms with Crippen molar-refractivity contribution in [3.63, 3.8) is 0 Å². The van der Waals surface area contributed by atoms with E-state index in [1.807, 2.05) is 18.3 Å². The lowest BCUT2D eigenvalue weighted by atomic mass is 9.96. The summed E-state index contributed by atoms with van der Waals surface area (Å²) in [6, 6.07) is 8.03. The maximum Gasteiger partial charge on any atom is 0.416 e. The molecule has 2 amide bonds. The summed E-state index contributed by atoms with van der Waals surface area (Å²) in [4.78, 5) is 18.4. The van der Waals surface area contributed by atoms with Gasteiger partial charge in [-0.3, -0.25) is 4.98 Å². The van der Waals surface area contributed by atoms with Crippen molar-refractivity contribution in [1.29, 1.82) is 0 Å². The lowest BCUT2D eigenvalue weighted by molar-refractivity contribution is -0.137. The molecule has 0 spiro atoms. The Morgan fingerprint density at radius 1 is 1.19 bits per heavy atom. The molecule has 2 N–H and O–H groups in total. The first-order valence-electron chi connectivity index (χ1n) is 8.79. The molecular weight excluding hydrogens is 357 g/mol. The van der Waals surface area contributed by atoms with Gasteiger partial charge in [0, 0.05) is 31.5 Å². The fourth-order valence-corrected chi connectivity index (χ4v) is 3.12. The second kappa shape index (κ2) is 8.28. The highest BCUT2D eigenvalue weighted by Crippen LogP contribution is 2.30. The maximum absolute atomic E-state index is 12.7. The SMILES string of the molecule is O=C(NCC1CCN(c2cccnc2)CC1)Nc1cccc(C(F)(F)F)c1. The van der Waals surface area contributed by atoms with Crippen LogP contribution >= 0.6 is 0 Å². The highest BCUT2D eigenvalue weighted by atomic mass is 19.4. The molecule has 0 unspecified atom stereocenters. The normalized spacial score (nSPS) is 15.4. The predicted molar refractivity (Wildman–Crippen MR) is 97.6 cm³/mol. The number of rotatable bonds is 4. The van der Waals surface area contributed by atoms with Gasteiger partial charge in [-0.25, -0.2) is 4.79 Å². The number of anilines is 2. The minimum atomic E-state index is -4.43. The van der Waals surface area contributed by atoms with Crippen LogP contribution in [0.2, 0.25) is 0 Å². The van der Waals surface area contributed by atoms with Gasteiger partial charge in [0.2, 0.25) is 0 Å². The Morgan fingerprint density at radius 2 is 1.96 bits per heavy atom. The Hall–Kier alpha value is -2.77. The fourth-order valence-electron chi connectivity index (χ4n) is 3.12. The maximum atomic E-state index is 12.7. The van der Waals surface area contributed by atoms with E-state index in [0.29, 0.717) is 12.5 Å². The lowest BCUT2D eigenvalue weighted by Crippen LogP contribution is -2.39. The number of nitrogens with zero attached hydrogens (tertiary/aromatic N) is 2. The zero-order chi connectivity index (χ0) is 19.3. The molecule has 1 fully saturated rings. The Morgan fingerprint density at radius 3 is 2.63 bits per heavy atom. The first-order valence-corrected chi connectivity index (χ1v) is 8.79. The van der Waals surface area contributed by atoms with Crippen LogP contribution < -0.4 is 15.5 Å². The molecule has 1 aliphatic rings. The average Bonchev–Trinajstić information content (AvgIpc) is 2.67. The molecule has 5 nitrogen and oxygen atoms in total. The van der Waals surface area contributed by atoms with Crippen LogP contribution in [0.3, 0.4) is 0 Å². The number of urea groups is 1. The molecule has 1 aromatic carbocycles. The van der Waals surface area contributed by atoms with E-state index in [0.717, 1.165) is 43.8 Å². The van der Waals surface area contributed by atoms with E-state index in [1.165, 1.54) is 12.1 Å². The van der Waals surface area contributed by atoms with Gasteiger partial charge in [0.1, 0.15) is 0 Å². The number of nitrogens with one attached hydrogen (secondary N) is 2. The van der Waals surface area contributed by atoms with Crippen LogP contribution in [-0.2, 0) is 6.18 Å². The fraction of sp³-hybridized carbons (Fsp3) is 0.368. The van der Waals surface area contributed by atoms with Crippen molar-refractivity contribution in [2.75, 3.05) is 29.9 Å². The lowest BCUT2D eigenvalue weighted by Gasteiger charge is -2.33.